The summed E-state index contributed by atoms with van der Waals surface area (Å²) in [7, 11) is 0. The second kappa shape index (κ2) is 6.71. The fourth-order valence-corrected chi connectivity index (χ4v) is 1.57. The maximum atomic E-state index is 13.5. The molecule has 2 N–H and O–H groups in total. The van der Waals surface area contributed by atoms with Gasteiger partial charge in [0.15, 0.2) is 23.3 Å². The van der Waals surface area contributed by atoms with Crippen molar-refractivity contribution in [2.75, 3.05) is 17.2 Å². The van der Waals surface area contributed by atoms with Crippen LogP contribution in [0.1, 0.15) is 26.7 Å². The smallest absolute Gasteiger partial charge is 0.368 e. The third-order valence-electron chi connectivity index (χ3n) is 2.39. The van der Waals surface area contributed by atoms with Gasteiger partial charge in [0.05, 0.1) is 6.42 Å². The first-order valence-corrected chi connectivity index (χ1v) is 6.16. The molecule has 0 saturated carbocycles. The van der Waals surface area contributed by atoms with Crippen LogP contribution in [0, 0.1) is 11.6 Å². The molecule has 0 fully saturated rings. The van der Waals surface area contributed by atoms with Gasteiger partial charge >= 0.3 is 6.18 Å². The van der Waals surface area contributed by atoms with Gasteiger partial charge in [0, 0.05) is 18.7 Å². The zero-order chi connectivity index (χ0) is 15.3. The fraction of sp³-hybridized carbons (Fsp3) is 0.583. The molecule has 20 heavy (non-hydrogen) atoms. The third-order valence-corrected chi connectivity index (χ3v) is 2.39. The Labute approximate surface area is 113 Å². The van der Waals surface area contributed by atoms with E-state index in [1.165, 1.54) is 6.92 Å². The van der Waals surface area contributed by atoms with Crippen molar-refractivity contribution in [1.29, 1.82) is 0 Å². The summed E-state index contributed by atoms with van der Waals surface area (Å²) in [5.41, 5.74) is 0. The summed E-state index contributed by atoms with van der Waals surface area (Å²) in [6.45, 7) is 3.52. The van der Waals surface area contributed by atoms with Crippen molar-refractivity contribution in [3.63, 3.8) is 0 Å². The van der Waals surface area contributed by atoms with E-state index in [0.29, 0.717) is 19.0 Å². The van der Waals surface area contributed by atoms with E-state index in [1.54, 1.807) is 0 Å². The molecule has 1 heterocycles. The number of halogens is 5. The molecule has 0 aliphatic rings. The molecule has 114 valence electrons. The second-order valence-corrected chi connectivity index (χ2v) is 4.44. The quantitative estimate of drug-likeness (QED) is 0.781. The van der Waals surface area contributed by atoms with E-state index in [1.807, 2.05) is 6.92 Å². The van der Waals surface area contributed by atoms with Crippen molar-refractivity contribution in [2.24, 2.45) is 0 Å². The van der Waals surface area contributed by atoms with Gasteiger partial charge < -0.3 is 10.6 Å². The summed E-state index contributed by atoms with van der Waals surface area (Å²) in [6.07, 6.45) is -4.80. The van der Waals surface area contributed by atoms with Gasteiger partial charge in [-0.25, -0.2) is 13.8 Å². The van der Waals surface area contributed by atoms with Gasteiger partial charge in [-0.3, -0.25) is 0 Å². The van der Waals surface area contributed by atoms with Crippen molar-refractivity contribution in [2.45, 2.75) is 38.9 Å². The first-order valence-electron chi connectivity index (χ1n) is 6.16. The molecule has 1 atom stereocenters. The van der Waals surface area contributed by atoms with E-state index in [9.17, 15) is 22.0 Å². The molecule has 0 aromatic carbocycles. The number of aromatic nitrogens is 1. The Hall–Kier alpha value is -1.60. The number of pyridine rings is 1. The highest BCUT2D eigenvalue weighted by atomic mass is 19.4. The predicted octanol–water partition coefficient (Wildman–Crippen LogP) is 3.93. The minimum atomic E-state index is -4.37. The van der Waals surface area contributed by atoms with E-state index >= 15 is 0 Å². The Morgan fingerprint density at radius 3 is 2.35 bits per heavy atom. The number of anilines is 2. The Balaban J connectivity index is 2.83. The molecular weight excluding hydrogens is 281 g/mol. The number of rotatable bonds is 6. The van der Waals surface area contributed by atoms with Crippen LogP contribution >= 0.6 is 0 Å². The van der Waals surface area contributed by atoms with Gasteiger partial charge in [-0.1, -0.05) is 6.92 Å². The number of hydrogen-bond donors (Lipinski definition) is 2. The Morgan fingerprint density at radius 1 is 1.20 bits per heavy atom. The molecule has 0 radical (unpaired) electrons. The molecule has 3 nitrogen and oxygen atoms in total. The molecule has 1 rings (SSSR count). The highest BCUT2D eigenvalue weighted by Crippen LogP contribution is 2.25. The molecule has 1 aromatic rings. The number of alkyl halides is 3. The largest absolute Gasteiger partial charge is 0.391 e. The maximum Gasteiger partial charge on any atom is 0.391 e. The third kappa shape index (κ3) is 5.18. The zero-order valence-corrected chi connectivity index (χ0v) is 11.1. The predicted molar refractivity (Wildman–Crippen MR) is 66.7 cm³/mol. The Bertz CT molecular complexity index is 447. The summed E-state index contributed by atoms with van der Waals surface area (Å²) in [4.78, 5) is 3.64. The first-order chi connectivity index (χ1) is 9.23. The minimum Gasteiger partial charge on any atom is -0.368 e. The Morgan fingerprint density at radius 2 is 1.80 bits per heavy atom. The highest BCUT2D eigenvalue weighted by molar-refractivity contribution is 5.48. The average Bonchev–Trinajstić information content (AvgIpc) is 2.28. The highest BCUT2D eigenvalue weighted by Gasteiger charge is 2.30. The van der Waals surface area contributed by atoms with E-state index in [-0.39, 0.29) is 5.82 Å². The summed E-state index contributed by atoms with van der Waals surface area (Å²) < 4.78 is 63.4. The van der Waals surface area contributed by atoms with Crippen LogP contribution in [-0.2, 0) is 0 Å². The Kier molecular flexibility index (Phi) is 5.52. The van der Waals surface area contributed by atoms with Crippen LogP contribution < -0.4 is 10.6 Å². The van der Waals surface area contributed by atoms with Crippen molar-refractivity contribution in [3.8, 4) is 0 Å². The second-order valence-electron chi connectivity index (χ2n) is 4.44. The van der Waals surface area contributed by atoms with Gasteiger partial charge in [-0.05, 0) is 13.3 Å². The van der Waals surface area contributed by atoms with Crippen molar-refractivity contribution in [1.82, 2.24) is 4.98 Å². The number of nitrogens with zero attached hydrogens (tertiary/aromatic N) is 1. The summed E-state index contributed by atoms with van der Waals surface area (Å²) >= 11 is 0. The lowest BCUT2D eigenvalue weighted by Crippen LogP contribution is -2.25. The standard InChI is InChI=1S/C12H16F5N3/c1-3-4-18-10-8(13)5-9(14)11(20-10)19-7(2)6-12(15,16)17/h5,7H,3-4,6H2,1-2H3,(H2,18,19,20). The molecule has 0 aliphatic carbocycles. The summed E-state index contributed by atoms with van der Waals surface area (Å²) in [6, 6.07) is -0.477. The van der Waals surface area contributed by atoms with Crippen molar-refractivity contribution in [3.05, 3.63) is 17.7 Å². The maximum absolute atomic E-state index is 13.5. The molecule has 0 aliphatic heterocycles. The minimum absolute atomic E-state index is 0.185. The first kappa shape index (κ1) is 16.5. The van der Waals surface area contributed by atoms with Crippen LogP contribution in [0.5, 0.6) is 0 Å². The molecule has 0 amide bonds. The molecule has 0 bridgehead atoms. The van der Waals surface area contributed by atoms with Crippen LogP contribution in [0.25, 0.3) is 0 Å². The van der Waals surface area contributed by atoms with Crippen molar-refractivity contribution >= 4 is 11.6 Å². The average molecular weight is 297 g/mol. The van der Waals surface area contributed by atoms with Gasteiger partial charge in [0.1, 0.15) is 0 Å². The van der Waals surface area contributed by atoms with E-state index in [2.05, 4.69) is 15.6 Å². The van der Waals surface area contributed by atoms with Crippen LogP contribution in [0.4, 0.5) is 33.6 Å². The number of nitrogens with one attached hydrogen (secondary N) is 2. The topological polar surface area (TPSA) is 37.0 Å². The normalized spacial score (nSPS) is 13.2. The van der Waals surface area contributed by atoms with E-state index in [4.69, 9.17) is 0 Å². The van der Waals surface area contributed by atoms with E-state index in [0.717, 1.165) is 0 Å². The summed E-state index contributed by atoms with van der Waals surface area (Å²) in [5.74, 6) is -2.50. The van der Waals surface area contributed by atoms with E-state index < -0.39 is 36.1 Å². The van der Waals surface area contributed by atoms with Crippen LogP contribution in [-0.4, -0.2) is 23.7 Å². The molecule has 1 unspecified atom stereocenters. The lowest BCUT2D eigenvalue weighted by Gasteiger charge is -2.17. The van der Waals surface area contributed by atoms with Gasteiger partial charge in [-0.15, -0.1) is 0 Å². The molecule has 0 spiro atoms. The SMILES string of the molecule is CCCNc1nc(NC(C)CC(F)(F)F)c(F)cc1F. The van der Waals surface area contributed by atoms with Gasteiger partial charge in [-0.2, -0.15) is 13.2 Å². The van der Waals surface area contributed by atoms with Crippen LogP contribution in [0.15, 0.2) is 6.07 Å². The molecule has 8 heteroatoms. The lowest BCUT2D eigenvalue weighted by atomic mass is 10.2. The summed E-state index contributed by atoms with van der Waals surface area (Å²) in [5, 5.41) is 4.93. The molecular formula is C12H16F5N3. The van der Waals surface area contributed by atoms with Crippen LogP contribution in [0.3, 0.4) is 0 Å². The monoisotopic (exact) mass is 297 g/mol. The van der Waals surface area contributed by atoms with Crippen molar-refractivity contribution < 1.29 is 22.0 Å². The molecule has 0 saturated heterocycles. The zero-order valence-electron chi connectivity index (χ0n) is 11.1. The van der Waals surface area contributed by atoms with Gasteiger partial charge in [0.2, 0.25) is 0 Å². The van der Waals surface area contributed by atoms with Gasteiger partial charge in [0.25, 0.3) is 0 Å². The fourth-order valence-electron chi connectivity index (χ4n) is 1.57. The lowest BCUT2D eigenvalue weighted by molar-refractivity contribution is -0.136. The number of hydrogen-bond acceptors (Lipinski definition) is 3. The molecule has 1 aromatic heterocycles. The van der Waals surface area contributed by atoms with Crippen LogP contribution in [0.2, 0.25) is 0 Å².